The first kappa shape index (κ1) is 12.6. The van der Waals surface area contributed by atoms with Crippen LogP contribution in [0.1, 0.15) is 20.3 Å². The molecule has 0 unspecified atom stereocenters. The highest BCUT2D eigenvalue weighted by molar-refractivity contribution is 4.78. The average Bonchev–Trinajstić information content (AvgIpc) is 2.13. The lowest BCUT2D eigenvalue weighted by Gasteiger charge is -2.24. The lowest BCUT2D eigenvalue weighted by Crippen LogP contribution is -2.29. The van der Waals surface area contributed by atoms with Gasteiger partial charge in [0.15, 0.2) is 0 Å². The maximum atomic E-state index is 9.60. The average molecular weight is 188 g/mol. The minimum Gasteiger partial charge on any atom is -0.392 e. The summed E-state index contributed by atoms with van der Waals surface area (Å²) in [7, 11) is 1.58. The molecule has 0 saturated heterocycles. The highest BCUT2D eigenvalue weighted by Gasteiger charge is 2.19. The molecule has 0 saturated carbocycles. The molecule has 0 aromatic carbocycles. The number of aliphatic hydroxyl groups is 1. The van der Waals surface area contributed by atoms with Gasteiger partial charge in [0.1, 0.15) is 6.79 Å². The summed E-state index contributed by atoms with van der Waals surface area (Å²) >= 11 is 0. The summed E-state index contributed by atoms with van der Waals surface area (Å²) in [5.74, 6) is 0.0909. The molecule has 13 heavy (non-hydrogen) atoms. The van der Waals surface area contributed by atoms with E-state index in [1.165, 1.54) is 0 Å². The summed E-state index contributed by atoms with van der Waals surface area (Å²) in [4.78, 5) is 0. The Morgan fingerprint density at radius 2 is 2.08 bits per heavy atom. The van der Waals surface area contributed by atoms with Crippen LogP contribution in [0.4, 0.5) is 0 Å². The Morgan fingerprint density at radius 1 is 1.46 bits per heavy atom. The topological polar surface area (TPSA) is 38.7 Å². The summed E-state index contributed by atoms with van der Waals surface area (Å²) in [5, 5.41) is 9.60. The number of methoxy groups -OCH3 is 1. The van der Waals surface area contributed by atoms with Crippen LogP contribution < -0.4 is 0 Å². The van der Waals surface area contributed by atoms with Crippen molar-refractivity contribution in [2.24, 2.45) is 5.92 Å². The normalized spacial score (nSPS) is 17.8. The molecular weight excluding hydrogens is 168 g/mol. The van der Waals surface area contributed by atoms with Crippen LogP contribution in [0.3, 0.4) is 0 Å². The first-order chi connectivity index (χ1) is 6.13. The number of aliphatic hydroxyl groups excluding tert-OH is 1. The van der Waals surface area contributed by atoms with Crippen LogP contribution in [-0.2, 0) is 9.47 Å². The lowest BCUT2D eigenvalue weighted by molar-refractivity contribution is -0.0983. The monoisotopic (exact) mass is 188 g/mol. The summed E-state index contributed by atoms with van der Waals surface area (Å²) in [6.45, 7) is 7.73. The van der Waals surface area contributed by atoms with Crippen molar-refractivity contribution in [2.75, 3.05) is 13.9 Å². The second-order valence-corrected chi connectivity index (χ2v) is 3.23. The summed E-state index contributed by atoms with van der Waals surface area (Å²) in [6.07, 6.45) is 1.92. The zero-order valence-electron chi connectivity index (χ0n) is 8.69. The van der Waals surface area contributed by atoms with Gasteiger partial charge in [0.25, 0.3) is 0 Å². The van der Waals surface area contributed by atoms with Crippen LogP contribution in [-0.4, -0.2) is 31.2 Å². The molecule has 0 aliphatic rings. The van der Waals surface area contributed by atoms with Gasteiger partial charge < -0.3 is 14.6 Å². The molecule has 0 spiro atoms. The van der Waals surface area contributed by atoms with Crippen molar-refractivity contribution < 1.29 is 14.6 Å². The van der Waals surface area contributed by atoms with Crippen molar-refractivity contribution in [3.63, 3.8) is 0 Å². The molecule has 0 aliphatic heterocycles. The Balaban J connectivity index is 3.78. The Kier molecular flexibility index (Phi) is 6.86. The molecule has 78 valence electrons. The second-order valence-electron chi connectivity index (χ2n) is 3.23. The Hall–Kier alpha value is -0.380. The van der Waals surface area contributed by atoms with Crippen LogP contribution in [0, 0.1) is 5.92 Å². The first-order valence-corrected chi connectivity index (χ1v) is 4.53. The largest absolute Gasteiger partial charge is 0.392 e. The predicted octanol–water partition coefficient (Wildman–Crippen LogP) is 1.57. The van der Waals surface area contributed by atoms with Crippen LogP contribution in [0.5, 0.6) is 0 Å². The van der Waals surface area contributed by atoms with Crippen LogP contribution >= 0.6 is 0 Å². The van der Waals surface area contributed by atoms with Gasteiger partial charge in [0.2, 0.25) is 0 Å². The van der Waals surface area contributed by atoms with E-state index in [0.29, 0.717) is 6.42 Å². The maximum absolute atomic E-state index is 9.60. The van der Waals surface area contributed by atoms with E-state index in [2.05, 4.69) is 6.58 Å². The smallest absolute Gasteiger partial charge is 0.146 e. The molecule has 3 heteroatoms. The fourth-order valence-corrected chi connectivity index (χ4v) is 1.03. The van der Waals surface area contributed by atoms with Gasteiger partial charge in [0, 0.05) is 13.0 Å². The van der Waals surface area contributed by atoms with Crippen molar-refractivity contribution in [2.45, 2.75) is 32.5 Å². The van der Waals surface area contributed by atoms with Crippen molar-refractivity contribution in [3.05, 3.63) is 12.7 Å². The molecule has 3 atom stereocenters. The van der Waals surface area contributed by atoms with Gasteiger partial charge in [-0.2, -0.15) is 0 Å². The number of hydrogen-bond acceptors (Lipinski definition) is 3. The molecule has 0 bridgehead atoms. The molecule has 0 amide bonds. The van der Waals surface area contributed by atoms with E-state index in [0.717, 1.165) is 0 Å². The van der Waals surface area contributed by atoms with Gasteiger partial charge in [-0.3, -0.25) is 0 Å². The van der Waals surface area contributed by atoms with Crippen molar-refractivity contribution in [1.29, 1.82) is 0 Å². The fourth-order valence-electron chi connectivity index (χ4n) is 1.03. The van der Waals surface area contributed by atoms with E-state index in [-0.39, 0.29) is 24.9 Å². The molecule has 0 aliphatic carbocycles. The van der Waals surface area contributed by atoms with Gasteiger partial charge >= 0.3 is 0 Å². The summed E-state index contributed by atoms with van der Waals surface area (Å²) < 4.78 is 10.1. The minimum atomic E-state index is -0.385. The summed E-state index contributed by atoms with van der Waals surface area (Å²) in [5.41, 5.74) is 0. The van der Waals surface area contributed by atoms with E-state index in [9.17, 15) is 5.11 Å². The van der Waals surface area contributed by atoms with Gasteiger partial charge in [-0.05, 0) is 13.3 Å². The van der Waals surface area contributed by atoms with E-state index >= 15 is 0 Å². The Bertz CT molecular complexity index is 136. The van der Waals surface area contributed by atoms with E-state index in [1.54, 1.807) is 13.2 Å². The quantitative estimate of drug-likeness (QED) is 0.487. The molecule has 0 heterocycles. The highest BCUT2D eigenvalue weighted by atomic mass is 16.7. The van der Waals surface area contributed by atoms with Crippen molar-refractivity contribution in [1.82, 2.24) is 0 Å². The fraction of sp³-hybridized carbons (Fsp3) is 0.800. The van der Waals surface area contributed by atoms with Crippen molar-refractivity contribution in [3.8, 4) is 0 Å². The standard InChI is InChI=1S/C10H20O3/c1-5-6-10(11)8(2)9(3)13-7-12-4/h5,8-11H,1,6-7H2,2-4H3/t8-,9-,10+/m0/s1. The molecule has 0 radical (unpaired) electrons. The van der Waals surface area contributed by atoms with E-state index in [4.69, 9.17) is 9.47 Å². The molecule has 1 N–H and O–H groups in total. The molecule has 0 aromatic heterocycles. The van der Waals surface area contributed by atoms with E-state index in [1.807, 2.05) is 13.8 Å². The molecule has 0 fully saturated rings. The Morgan fingerprint density at radius 3 is 2.54 bits per heavy atom. The Labute approximate surface area is 80.4 Å². The van der Waals surface area contributed by atoms with Crippen molar-refractivity contribution >= 4 is 0 Å². The zero-order valence-corrected chi connectivity index (χ0v) is 8.69. The SMILES string of the molecule is C=CC[C@@H](O)[C@@H](C)[C@H](C)OCOC. The number of rotatable bonds is 7. The van der Waals surface area contributed by atoms with Gasteiger partial charge in [0.05, 0.1) is 12.2 Å². The first-order valence-electron chi connectivity index (χ1n) is 4.53. The third-order valence-corrected chi connectivity index (χ3v) is 2.20. The maximum Gasteiger partial charge on any atom is 0.146 e. The third kappa shape index (κ3) is 5.03. The van der Waals surface area contributed by atoms with Crippen LogP contribution in [0.25, 0.3) is 0 Å². The molecular formula is C10H20O3. The molecule has 3 nitrogen and oxygen atoms in total. The van der Waals surface area contributed by atoms with Crippen LogP contribution in [0.2, 0.25) is 0 Å². The lowest BCUT2D eigenvalue weighted by atomic mass is 9.97. The number of hydrogen-bond donors (Lipinski definition) is 1. The molecule has 0 rings (SSSR count). The van der Waals surface area contributed by atoms with Gasteiger partial charge in [-0.15, -0.1) is 6.58 Å². The molecule has 0 aromatic rings. The predicted molar refractivity (Wildman–Crippen MR) is 52.4 cm³/mol. The zero-order chi connectivity index (χ0) is 10.3. The number of ether oxygens (including phenoxy) is 2. The minimum absolute atomic E-state index is 0.00472. The van der Waals surface area contributed by atoms with Gasteiger partial charge in [-0.25, -0.2) is 0 Å². The third-order valence-electron chi connectivity index (χ3n) is 2.20. The van der Waals surface area contributed by atoms with E-state index < -0.39 is 0 Å². The summed E-state index contributed by atoms with van der Waals surface area (Å²) in [6, 6.07) is 0. The van der Waals surface area contributed by atoms with Gasteiger partial charge in [-0.1, -0.05) is 13.0 Å². The van der Waals surface area contributed by atoms with Crippen LogP contribution in [0.15, 0.2) is 12.7 Å². The highest BCUT2D eigenvalue weighted by Crippen LogP contribution is 2.14. The second kappa shape index (κ2) is 7.06.